The van der Waals surface area contributed by atoms with E-state index in [1.165, 1.54) is 32.6 Å². The quantitative estimate of drug-likeness (QED) is 0.157. The Morgan fingerprint density at radius 1 is 1.16 bits per heavy atom. The lowest BCUT2D eigenvalue weighted by Gasteiger charge is -2.30. The molecule has 0 saturated carbocycles. The number of hydrogen-bond acceptors (Lipinski definition) is 9. The Hall–Kier alpha value is -4.32. The molecule has 3 rings (SSSR count). The molecular formula is C25H28N4O7S. The molecule has 1 heterocycles. The highest BCUT2D eigenvalue weighted by Gasteiger charge is 2.32. The van der Waals surface area contributed by atoms with Crippen molar-refractivity contribution in [3.8, 4) is 23.0 Å². The number of ether oxygens (including phenoxy) is 4. The topological polar surface area (TPSA) is 140 Å². The van der Waals surface area contributed by atoms with E-state index in [-0.39, 0.29) is 30.5 Å². The summed E-state index contributed by atoms with van der Waals surface area (Å²) in [6.07, 6.45) is 1.37. The lowest BCUT2D eigenvalue weighted by Crippen LogP contribution is -2.45. The van der Waals surface area contributed by atoms with Gasteiger partial charge in [0.15, 0.2) is 23.2 Å². The third-order valence-corrected chi connectivity index (χ3v) is 5.48. The van der Waals surface area contributed by atoms with Gasteiger partial charge in [0, 0.05) is 16.8 Å². The highest BCUT2D eigenvalue weighted by Crippen LogP contribution is 2.36. The summed E-state index contributed by atoms with van der Waals surface area (Å²) >= 11 is 5.28. The molecule has 0 radical (unpaired) electrons. The Labute approximate surface area is 219 Å². The number of carbonyl (C=O) groups is 2. The van der Waals surface area contributed by atoms with Gasteiger partial charge in [-0.05, 0) is 44.3 Å². The minimum Gasteiger partial charge on any atom is -0.502 e. The molecule has 0 spiro atoms. The van der Waals surface area contributed by atoms with Crippen molar-refractivity contribution in [1.82, 2.24) is 16.1 Å². The number of phenolic OH excluding ortho intramolecular Hbond substituents is 1. The lowest BCUT2D eigenvalue weighted by molar-refractivity contribution is -0.139. The first-order valence-electron chi connectivity index (χ1n) is 11.2. The highest BCUT2D eigenvalue weighted by atomic mass is 32.1. The maximum absolute atomic E-state index is 12.7. The van der Waals surface area contributed by atoms with Gasteiger partial charge >= 0.3 is 5.97 Å². The van der Waals surface area contributed by atoms with E-state index in [2.05, 4.69) is 21.2 Å². The van der Waals surface area contributed by atoms with Gasteiger partial charge in [0.1, 0.15) is 5.75 Å². The molecule has 1 amide bonds. The Morgan fingerprint density at radius 3 is 2.49 bits per heavy atom. The van der Waals surface area contributed by atoms with Crippen molar-refractivity contribution < 1.29 is 33.6 Å². The minimum absolute atomic E-state index is 0.140. The van der Waals surface area contributed by atoms with Crippen molar-refractivity contribution in [2.75, 3.05) is 27.4 Å². The summed E-state index contributed by atoms with van der Waals surface area (Å²) in [5.41, 5.74) is 4.44. The van der Waals surface area contributed by atoms with Gasteiger partial charge in [-0.2, -0.15) is 5.10 Å². The van der Waals surface area contributed by atoms with Crippen molar-refractivity contribution in [3.63, 3.8) is 0 Å². The summed E-state index contributed by atoms with van der Waals surface area (Å²) in [5.74, 6) is -0.370. The third-order valence-electron chi connectivity index (χ3n) is 5.26. The van der Waals surface area contributed by atoms with Crippen molar-refractivity contribution in [1.29, 1.82) is 0 Å². The van der Waals surface area contributed by atoms with Crippen molar-refractivity contribution >= 4 is 35.4 Å². The van der Waals surface area contributed by atoms with E-state index in [4.69, 9.17) is 31.2 Å². The maximum Gasteiger partial charge on any atom is 0.338 e. The van der Waals surface area contributed by atoms with Crippen LogP contribution in [0.3, 0.4) is 0 Å². The first-order valence-corrected chi connectivity index (χ1v) is 11.6. The normalized spacial score (nSPS) is 15.0. The van der Waals surface area contributed by atoms with Crippen LogP contribution in [0.15, 0.2) is 52.8 Å². The van der Waals surface area contributed by atoms with E-state index >= 15 is 0 Å². The van der Waals surface area contributed by atoms with E-state index in [0.29, 0.717) is 33.3 Å². The SMILES string of the molecule is CCOC(=O)C1=C(C)NC(=S)N[C@@H]1c1ccccc1OCC(=O)NN=Cc1cc(OC)c(O)c(OC)c1. The fraction of sp³-hybridized carbons (Fsp3) is 0.280. The Kier molecular flexibility index (Phi) is 9.27. The first kappa shape index (κ1) is 27.3. The van der Waals surface area contributed by atoms with Gasteiger partial charge in [-0.25, -0.2) is 10.2 Å². The zero-order chi connectivity index (χ0) is 26.9. The Balaban J connectivity index is 1.71. The number of para-hydroxylation sites is 1. The molecule has 1 aliphatic heterocycles. The summed E-state index contributed by atoms with van der Waals surface area (Å²) < 4.78 is 21.2. The average Bonchev–Trinajstić information content (AvgIpc) is 2.88. The van der Waals surface area contributed by atoms with Gasteiger partial charge in [0.25, 0.3) is 5.91 Å². The first-order chi connectivity index (χ1) is 17.8. The van der Waals surface area contributed by atoms with Crippen LogP contribution >= 0.6 is 12.2 Å². The molecule has 11 nitrogen and oxygen atoms in total. The fourth-order valence-corrected chi connectivity index (χ4v) is 3.87. The molecule has 1 atom stereocenters. The van der Waals surface area contributed by atoms with Crippen LogP contribution in [0.25, 0.3) is 0 Å². The number of methoxy groups -OCH3 is 2. The van der Waals surface area contributed by atoms with Crippen LogP contribution in [0.1, 0.15) is 31.0 Å². The molecule has 1 aliphatic rings. The molecule has 2 aromatic rings. The predicted octanol–water partition coefficient (Wildman–Crippen LogP) is 2.29. The lowest BCUT2D eigenvalue weighted by atomic mass is 9.95. The zero-order valence-corrected chi connectivity index (χ0v) is 21.6. The molecule has 2 aromatic carbocycles. The van der Waals surface area contributed by atoms with E-state index in [9.17, 15) is 14.7 Å². The summed E-state index contributed by atoms with van der Waals surface area (Å²) in [7, 11) is 2.82. The summed E-state index contributed by atoms with van der Waals surface area (Å²) in [4.78, 5) is 25.0. The van der Waals surface area contributed by atoms with Crippen LogP contribution in [0.5, 0.6) is 23.0 Å². The van der Waals surface area contributed by atoms with Crippen LogP contribution in [0.2, 0.25) is 0 Å². The maximum atomic E-state index is 12.7. The number of allylic oxidation sites excluding steroid dienone is 1. The predicted molar refractivity (Wildman–Crippen MR) is 140 cm³/mol. The van der Waals surface area contributed by atoms with Crippen molar-refractivity contribution in [3.05, 3.63) is 58.8 Å². The van der Waals surface area contributed by atoms with Crippen LogP contribution in [-0.4, -0.2) is 55.7 Å². The second kappa shape index (κ2) is 12.6. The van der Waals surface area contributed by atoms with E-state index in [0.717, 1.165) is 0 Å². The molecule has 12 heteroatoms. The number of hydrazone groups is 1. The van der Waals surface area contributed by atoms with Crippen LogP contribution in [-0.2, 0) is 14.3 Å². The second-order valence-corrected chi connectivity index (χ2v) is 8.09. The van der Waals surface area contributed by atoms with Gasteiger partial charge in [0.2, 0.25) is 5.75 Å². The molecule has 0 bridgehead atoms. The minimum atomic E-state index is -0.635. The Bertz CT molecular complexity index is 1220. The number of phenols is 1. The smallest absolute Gasteiger partial charge is 0.338 e. The van der Waals surface area contributed by atoms with Gasteiger partial charge in [-0.3, -0.25) is 4.79 Å². The summed E-state index contributed by atoms with van der Waals surface area (Å²) in [6, 6.07) is 9.43. The zero-order valence-electron chi connectivity index (χ0n) is 20.8. The average molecular weight is 529 g/mol. The molecule has 196 valence electrons. The number of thiocarbonyl (C=S) groups is 1. The molecule has 0 aliphatic carbocycles. The van der Waals surface area contributed by atoms with Crippen LogP contribution in [0.4, 0.5) is 0 Å². The number of esters is 1. The van der Waals surface area contributed by atoms with Crippen LogP contribution in [0, 0.1) is 0 Å². The van der Waals surface area contributed by atoms with Gasteiger partial charge in [-0.15, -0.1) is 0 Å². The Morgan fingerprint density at radius 2 is 1.84 bits per heavy atom. The molecule has 0 saturated heterocycles. The molecular weight excluding hydrogens is 500 g/mol. The molecule has 4 N–H and O–H groups in total. The summed E-state index contributed by atoms with van der Waals surface area (Å²) in [5, 5.41) is 20.3. The number of hydrogen-bond donors (Lipinski definition) is 4. The van der Waals surface area contributed by atoms with E-state index in [1.54, 1.807) is 38.1 Å². The number of nitrogens with zero attached hydrogens (tertiary/aromatic N) is 1. The highest BCUT2D eigenvalue weighted by molar-refractivity contribution is 7.80. The standard InChI is InChI=1S/C25H28N4O7S/c1-5-35-24(32)21-14(2)27-25(37)28-22(21)16-8-6-7-9-17(16)36-13-20(30)29-26-12-15-10-18(33-3)23(31)19(11-15)34-4/h6-12,22,31H,5,13H2,1-4H3,(H,29,30)(H2,27,28,37)/t22-/m1/s1. The van der Waals surface area contributed by atoms with Crippen molar-refractivity contribution in [2.45, 2.75) is 19.9 Å². The number of amides is 1. The molecule has 37 heavy (non-hydrogen) atoms. The number of rotatable bonds is 10. The molecule has 0 aromatic heterocycles. The molecule has 0 unspecified atom stereocenters. The fourth-order valence-electron chi connectivity index (χ4n) is 3.60. The number of aromatic hydroxyl groups is 1. The number of nitrogens with one attached hydrogen (secondary N) is 3. The van der Waals surface area contributed by atoms with Crippen molar-refractivity contribution in [2.24, 2.45) is 5.10 Å². The van der Waals surface area contributed by atoms with Gasteiger partial charge in [0.05, 0.1) is 38.7 Å². The number of carbonyl (C=O) groups excluding carboxylic acids is 2. The van der Waals surface area contributed by atoms with E-state index < -0.39 is 17.9 Å². The van der Waals surface area contributed by atoms with Gasteiger partial charge < -0.3 is 34.7 Å². The molecule has 0 fully saturated rings. The largest absolute Gasteiger partial charge is 0.502 e. The monoisotopic (exact) mass is 528 g/mol. The third kappa shape index (κ3) is 6.67. The van der Waals surface area contributed by atoms with E-state index in [1.807, 2.05) is 0 Å². The summed E-state index contributed by atoms with van der Waals surface area (Å²) in [6.45, 7) is 3.34. The van der Waals surface area contributed by atoms with Gasteiger partial charge in [-0.1, -0.05) is 18.2 Å². The van der Waals surface area contributed by atoms with Crippen LogP contribution < -0.4 is 30.3 Å². The number of benzene rings is 2. The second-order valence-electron chi connectivity index (χ2n) is 7.68.